The van der Waals surface area contributed by atoms with E-state index in [4.69, 9.17) is 9.97 Å². The summed E-state index contributed by atoms with van der Waals surface area (Å²) in [4.78, 5) is 9.68. The summed E-state index contributed by atoms with van der Waals surface area (Å²) in [6.45, 7) is 8.98. The molecule has 40 heavy (non-hydrogen) atoms. The Hall–Kier alpha value is -3.49. The van der Waals surface area contributed by atoms with Crippen molar-refractivity contribution in [2.24, 2.45) is 4.30 Å². The van der Waals surface area contributed by atoms with Crippen molar-refractivity contribution in [1.29, 1.82) is 0 Å². The zero-order valence-electron chi connectivity index (χ0n) is 22.8. The summed E-state index contributed by atoms with van der Waals surface area (Å²) in [6.07, 6.45) is 0. The van der Waals surface area contributed by atoms with Crippen LogP contribution in [-0.4, -0.2) is 26.7 Å². The molecular weight excluding hydrogens is 577 g/mol. The molecule has 0 fully saturated rings. The van der Waals surface area contributed by atoms with E-state index in [0.717, 1.165) is 27.2 Å². The van der Waals surface area contributed by atoms with Gasteiger partial charge >= 0.3 is 24.8 Å². The van der Waals surface area contributed by atoms with E-state index in [0.29, 0.717) is 0 Å². The first-order valence-electron chi connectivity index (χ1n) is 13.1. The van der Waals surface area contributed by atoms with Crippen LogP contribution in [0.3, 0.4) is 0 Å². The van der Waals surface area contributed by atoms with Gasteiger partial charge in [-0.3, -0.25) is 9.13 Å². The number of rotatable bonds is 0. The van der Waals surface area contributed by atoms with Gasteiger partial charge in [0.15, 0.2) is 0 Å². The molecule has 8 rings (SSSR count). The van der Waals surface area contributed by atoms with Gasteiger partial charge in [0.05, 0.1) is 44.3 Å². The second-order valence-corrected chi connectivity index (χ2v) is 12.2. The molecular formula is C32H28BBrN5S. The Balaban J connectivity index is 0.000000132. The van der Waals surface area contributed by atoms with E-state index in [-0.39, 0.29) is 10.8 Å². The van der Waals surface area contributed by atoms with Gasteiger partial charge in [-0.15, -0.1) is 0 Å². The Kier molecular flexibility index (Phi) is 6.59. The van der Waals surface area contributed by atoms with Gasteiger partial charge in [-0.25, -0.2) is 9.97 Å². The van der Waals surface area contributed by atoms with Gasteiger partial charge in [0.1, 0.15) is 11.6 Å². The van der Waals surface area contributed by atoms with E-state index in [1.165, 1.54) is 33.5 Å². The van der Waals surface area contributed by atoms with Crippen LogP contribution in [0.15, 0.2) is 99.8 Å². The van der Waals surface area contributed by atoms with Gasteiger partial charge in [-0.05, 0) is 81.3 Å². The van der Waals surface area contributed by atoms with Gasteiger partial charge in [0, 0.05) is 4.47 Å². The van der Waals surface area contributed by atoms with Crippen molar-refractivity contribution in [2.75, 3.05) is 0 Å². The number of hydrogen-bond donors (Lipinski definition) is 1. The van der Waals surface area contributed by atoms with Gasteiger partial charge in [0.2, 0.25) is 0 Å². The summed E-state index contributed by atoms with van der Waals surface area (Å²) >= 11 is 6.71. The molecule has 0 bridgehead atoms. The number of thiol groups is 1. The normalized spacial score (nSPS) is 14.7. The van der Waals surface area contributed by atoms with Gasteiger partial charge in [-0.1, -0.05) is 64.5 Å². The molecule has 0 unspecified atom stereocenters. The summed E-state index contributed by atoms with van der Waals surface area (Å²) in [7, 11) is 4.34. The van der Waals surface area contributed by atoms with Crippen LogP contribution in [0.2, 0.25) is 0 Å². The van der Waals surface area contributed by atoms with Crippen LogP contribution in [0.1, 0.15) is 50.5 Å². The van der Waals surface area contributed by atoms with E-state index in [1.54, 1.807) is 0 Å². The van der Waals surface area contributed by atoms with Gasteiger partial charge in [-0.2, -0.15) is 0 Å². The molecule has 0 aliphatic carbocycles. The number of benzene rings is 4. The molecule has 4 heterocycles. The Morgan fingerprint density at radius 2 is 1.12 bits per heavy atom. The van der Waals surface area contributed by atoms with Gasteiger partial charge in [0.25, 0.3) is 0 Å². The molecule has 2 aliphatic heterocycles. The van der Waals surface area contributed by atoms with Crippen LogP contribution in [0, 0.1) is 0 Å². The van der Waals surface area contributed by atoms with Crippen LogP contribution in [0.5, 0.6) is 0 Å². The van der Waals surface area contributed by atoms with E-state index < -0.39 is 0 Å². The quantitative estimate of drug-likeness (QED) is 0.140. The Bertz CT molecular complexity index is 1920. The summed E-state index contributed by atoms with van der Waals surface area (Å²) in [5, 5.41) is 0. The predicted octanol–water partition coefficient (Wildman–Crippen LogP) is 8.28. The number of imidazole rings is 2. The Labute approximate surface area is 249 Å². The maximum atomic E-state index is 4.85. The number of halogens is 1. The summed E-state index contributed by atoms with van der Waals surface area (Å²) in [5.74, 6) is 2.27. The third-order valence-corrected chi connectivity index (χ3v) is 8.43. The van der Waals surface area contributed by atoms with Gasteiger partial charge < -0.3 is 0 Å². The van der Waals surface area contributed by atoms with Crippen LogP contribution in [0.25, 0.3) is 33.4 Å². The summed E-state index contributed by atoms with van der Waals surface area (Å²) in [5.41, 5.74) is 9.68. The molecule has 5 nitrogen and oxygen atoms in total. The zero-order valence-corrected chi connectivity index (χ0v) is 25.3. The minimum atomic E-state index is -0.0396. The molecule has 8 heteroatoms. The van der Waals surface area contributed by atoms with Crippen molar-refractivity contribution >= 4 is 58.5 Å². The first kappa shape index (κ1) is 26.7. The second kappa shape index (κ2) is 9.86. The monoisotopic (exact) mass is 604 g/mol. The molecule has 2 aliphatic rings. The van der Waals surface area contributed by atoms with Crippen molar-refractivity contribution in [3.05, 3.63) is 118 Å². The number of aromatic nitrogens is 4. The van der Waals surface area contributed by atoms with Crippen LogP contribution < -0.4 is 0 Å². The fourth-order valence-corrected chi connectivity index (χ4v) is 6.39. The Morgan fingerprint density at radius 1 is 0.675 bits per heavy atom. The summed E-state index contributed by atoms with van der Waals surface area (Å²) < 4.78 is 8.35. The number of nitrogens with zero attached hydrogens (tertiary/aromatic N) is 5. The maximum absolute atomic E-state index is 4.85. The van der Waals surface area contributed by atoms with Crippen LogP contribution in [-0.2, 0) is 10.8 Å². The fourth-order valence-electron chi connectivity index (χ4n) is 6.04. The van der Waals surface area contributed by atoms with Crippen LogP contribution in [0.4, 0.5) is 0 Å². The molecule has 0 spiro atoms. The molecule has 0 saturated heterocycles. The Morgan fingerprint density at radius 3 is 1.70 bits per heavy atom. The minimum absolute atomic E-state index is 0.0182. The van der Waals surface area contributed by atoms with E-state index >= 15 is 0 Å². The van der Waals surface area contributed by atoms with Crippen LogP contribution >= 0.6 is 28.7 Å². The number of fused-ring (bicyclic) bond motifs is 10. The molecule has 0 atom stereocenters. The molecule has 0 amide bonds. The average Bonchev–Trinajstić information content (AvgIpc) is 3.63. The third kappa shape index (κ3) is 3.99. The van der Waals surface area contributed by atoms with E-state index in [9.17, 15) is 0 Å². The third-order valence-electron chi connectivity index (χ3n) is 7.93. The number of hydrogen-bond acceptors (Lipinski definition) is 4. The zero-order chi connectivity index (χ0) is 28.2. The fraction of sp³-hybridized carbons (Fsp3) is 0.188. The first-order chi connectivity index (χ1) is 19.2. The van der Waals surface area contributed by atoms with Crippen molar-refractivity contribution in [2.45, 2.75) is 38.5 Å². The van der Waals surface area contributed by atoms with E-state index in [2.05, 4.69) is 162 Å². The number of para-hydroxylation sites is 4. The predicted molar refractivity (Wildman–Crippen MR) is 171 cm³/mol. The topological polar surface area (TPSA) is 48.0 Å². The standard InChI is InChI=1S/C16H13BrN2.C16H14N2.BHNS/c1-16(2)11-5-3-4-6-13(11)19-14-8-7-10(17)9-12(14)18-15(16)19;1-16(2)11-7-3-5-9-13(11)18-14-10-6-4-8-12(14)17-15(16)18;1-2-3/h3-9H,1-2H3;3-10H,1-2H3;3H. The van der Waals surface area contributed by atoms with Crippen molar-refractivity contribution in [1.82, 2.24) is 19.1 Å². The molecule has 4 aromatic carbocycles. The molecule has 2 aromatic heterocycles. The van der Waals surface area contributed by atoms with Crippen molar-refractivity contribution in [3.8, 4) is 11.4 Å². The molecule has 6 aromatic rings. The average molecular weight is 605 g/mol. The first-order valence-corrected chi connectivity index (χ1v) is 14.3. The van der Waals surface area contributed by atoms with E-state index in [1.807, 2.05) is 6.07 Å². The van der Waals surface area contributed by atoms with Crippen molar-refractivity contribution in [3.63, 3.8) is 0 Å². The molecule has 0 N–H and O–H groups in total. The SMILES string of the molecule is CC1(C)c2ccccc2-n2c1nc1cc(Br)ccc12.CC1(C)c2ccccc2-n2c1nc1ccccc12.[B]=NS. The van der Waals surface area contributed by atoms with Crippen molar-refractivity contribution < 1.29 is 0 Å². The second-order valence-electron chi connectivity index (χ2n) is 11.1. The molecule has 197 valence electrons. The molecule has 0 saturated carbocycles. The molecule has 1 radical (unpaired) electrons. The summed E-state index contributed by atoms with van der Waals surface area (Å²) in [6, 6.07) is 31.8.